The Morgan fingerprint density at radius 1 is 1.23 bits per heavy atom. The van der Waals surface area contributed by atoms with Crippen molar-refractivity contribution in [2.75, 3.05) is 6.61 Å². The Balaban J connectivity index is 1.63. The Hall–Kier alpha value is -2.70. The second-order valence-corrected chi connectivity index (χ2v) is 6.96. The summed E-state index contributed by atoms with van der Waals surface area (Å²) in [6.07, 6.45) is 3.20. The van der Waals surface area contributed by atoms with Crippen molar-refractivity contribution in [3.05, 3.63) is 40.3 Å². The van der Waals surface area contributed by atoms with Gasteiger partial charge in [-0.3, -0.25) is 9.59 Å². The number of amides is 1. The first kappa shape index (κ1) is 18.1. The Kier molecular flexibility index (Phi) is 5.35. The standard InChI is InChI=1S/C19H23N3O4/c1-11-6-5-9-15(12(11)2)20-16(23)10-26-19(25)17-13-7-3-4-8-14(13)18(24)22-21-17/h3-4,7-8,11-12,15H,5-6,9-10H2,1-2H3,(H,20,23)(H,22,24). The second kappa shape index (κ2) is 7.68. The fourth-order valence-electron chi connectivity index (χ4n) is 3.50. The van der Waals surface area contributed by atoms with Crippen LogP contribution in [0.1, 0.15) is 43.6 Å². The van der Waals surface area contributed by atoms with Gasteiger partial charge in [0.2, 0.25) is 0 Å². The predicted molar refractivity (Wildman–Crippen MR) is 96.8 cm³/mol. The molecule has 1 amide bonds. The average Bonchev–Trinajstić information content (AvgIpc) is 2.64. The maximum atomic E-state index is 12.3. The molecule has 1 heterocycles. The maximum Gasteiger partial charge on any atom is 0.359 e. The zero-order valence-electron chi connectivity index (χ0n) is 15.0. The average molecular weight is 357 g/mol. The van der Waals surface area contributed by atoms with Gasteiger partial charge in [0.15, 0.2) is 12.3 Å². The van der Waals surface area contributed by atoms with E-state index in [0.717, 1.165) is 12.8 Å². The molecule has 0 radical (unpaired) electrons. The third kappa shape index (κ3) is 3.76. The highest BCUT2D eigenvalue weighted by Crippen LogP contribution is 2.29. The van der Waals surface area contributed by atoms with Gasteiger partial charge in [-0.1, -0.05) is 44.9 Å². The third-order valence-electron chi connectivity index (χ3n) is 5.28. The van der Waals surface area contributed by atoms with E-state index in [-0.39, 0.29) is 29.8 Å². The summed E-state index contributed by atoms with van der Waals surface area (Å²) in [7, 11) is 0. The fourth-order valence-corrected chi connectivity index (χ4v) is 3.50. The molecule has 138 valence electrons. The van der Waals surface area contributed by atoms with Crippen molar-refractivity contribution in [2.24, 2.45) is 11.8 Å². The third-order valence-corrected chi connectivity index (χ3v) is 5.28. The van der Waals surface area contributed by atoms with Crippen molar-refractivity contribution in [2.45, 2.75) is 39.2 Å². The number of ether oxygens (including phenoxy) is 1. The normalized spacial score (nSPS) is 22.8. The lowest BCUT2D eigenvalue weighted by molar-refractivity contribution is -0.125. The van der Waals surface area contributed by atoms with Crippen molar-refractivity contribution in [3.8, 4) is 0 Å². The van der Waals surface area contributed by atoms with Gasteiger partial charge in [-0.05, 0) is 24.3 Å². The SMILES string of the molecule is CC1CCCC(NC(=O)COC(=O)c2n[nH]c(=O)c3ccccc23)C1C. The van der Waals surface area contributed by atoms with Crippen molar-refractivity contribution >= 4 is 22.6 Å². The molecular weight excluding hydrogens is 334 g/mol. The molecule has 1 aliphatic rings. The van der Waals surface area contributed by atoms with Gasteiger partial charge in [-0.15, -0.1) is 0 Å². The summed E-state index contributed by atoms with van der Waals surface area (Å²) in [5, 5.41) is 9.77. The van der Waals surface area contributed by atoms with Crippen molar-refractivity contribution < 1.29 is 14.3 Å². The van der Waals surface area contributed by atoms with Crippen LogP contribution in [-0.2, 0) is 9.53 Å². The maximum absolute atomic E-state index is 12.3. The number of hydrogen-bond acceptors (Lipinski definition) is 5. The number of rotatable bonds is 4. The Morgan fingerprint density at radius 3 is 2.73 bits per heavy atom. The molecule has 0 bridgehead atoms. The van der Waals surface area contributed by atoms with Gasteiger partial charge in [0, 0.05) is 11.4 Å². The fraction of sp³-hybridized carbons (Fsp3) is 0.474. The van der Waals surface area contributed by atoms with Crippen LogP contribution in [0.4, 0.5) is 0 Å². The van der Waals surface area contributed by atoms with Gasteiger partial charge in [0.1, 0.15) is 0 Å². The van der Waals surface area contributed by atoms with Gasteiger partial charge >= 0.3 is 5.97 Å². The molecule has 1 aromatic heterocycles. The van der Waals surface area contributed by atoms with E-state index in [1.165, 1.54) is 6.42 Å². The number of esters is 1. The van der Waals surface area contributed by atoms with Crippen LogP contribution in [-0.4, -0.2) is 34.7 Å². The Bertz CT molecular complexity index is 876. The predicted octanol–water partition coefficient (Wildman–Crippen LogP) is 2.02. The molecule has 7 nitrogen and oxygen atoms in total. The number of benzene rings is 1. The number of carbonyl (C=O) groups excluding carboxylic acids is 2. The van der Waals surface area contributed by atoms with Crippen LogP contribution in [0.3, 0.4) is 0 Å². The number of aromatic amines is 1. The smallest absolute Gasteiger partial charge is 0.359 e. The summed E-state index contributed by atoms with van der Waals surface area (Å²) < 4.78 is 5.11. The molecule has 26 heavy (non-hydrogen) atoms. The number of H-pyrrole nitrogens is 1. The molecule has 0 spiro atoms. The monoisotopic (exact) mass is 357 g/mol. The van der Waals surface area contributed by atoms with Crippen LogP contribution in [0.5, 0.6) is 0 Å². The van der Waals surface area contributed by atoms with Crippen LogP contribution < -0.4 is 10.9 Å². The van der Waals surface area contributed by atoms with Crippen LogP contribution in [0.25, 0.3) is 10.8 Å². The Morgan fingerprint density at radius 2 is 1.96 bits per heavy atom. The van der Waals surface area contributed by atoms with E-state index in [2.05, 4.69) is 29.4 Å². The number of hydrogen-bond donors (Lipinski definition) is 2. The minimum Gasteiger partial charge on any atom is -0.451 e. The molecule has 1 aliphatic carbocycles. The van der Waals surface area contributed by atoms with E-state index in [1.807, 2.05) is 0 Å². The van der Waals surface area contributed by atoms with Crippen molar-refractivity contribution in [1.29, 1.82) is 0 Å². The van der Waals surface area contributed by atoms with Crippen molar-refractivity contribution in [3.63, 3.8) is 0 Å². The summed E-state index contributed by atoms with van der Waals surface area (Å²) in [6, 6.07) is 6.74. The topological polar surface area (TPSA) is 101 Å². The summed E-state index contributed by atoms with van der Waals surface area (Å²) in [6.45, 7) is 3.96. The number of fused-ring (bicyclic) bond motifs is 1. The zero-order chi connectivity index (χ0) is 18.7. The second-order valence-electron chi connectivity index (χ2n) is 6.96. The first-order valence-corrected chi connectivity index (χ1v) is 8.91. The molecule has 1 saturated carbocycles. The van der Waals surface area contributed by atoms with Crippen LogP contribution >= 0.6 is 0 Å². The lowest BCUT2D eigenvalue weighted by atomic mass is 9.78. The van der Waals surface area contributed by atoms with Gasteiger partial charge < -0.3 is 10.1 Å². The zero-order valence-corrected chi connectivity index (χ0v) is 15.0. The molecule has 0 aliphatic heterocycles. The summed E-state index contributed by atoms with van der Waals surface area (Å²) in [4.78, 5) is 36.2. The number of nitrogens with zero attached hydrogens (tertiary/aromatic N) is 1. The first-order valence-electron chi connectivity index (χ1n) is 8.91. The molecule has 3 rings (SSSR count). The minimum atomic E-state index is -0.738. The molecule has 3 atom stereocenters. The molecule has 1 aromatic carbocycles. The highest BCUT2D eigenvalue weighted by Gasteiger charge is 2.28. The van der Waals surface area contributed by atoms with Gasteiger partial charge in [0.25, 0.3) is 11.5 Å². The van der Waals surface area contributed by atoms with E-state index in [4.69, 9.17) is 4.74 Å². The van der Waals surface area contributed by atoms with E-state index < -0.39 is 5.97 Å². The van der Waals surface area contributed by atoms with E-state index >= 15 is 0 Å². The molecule has 2 aromatic rings. The van der Waals surface area contributed by atoms with Gasteiger partial charge in [0.05, 0.1) is 5.39 Å². The van der Waals surface area contributed by atoms with Crippen molar-refractivity contribution in [1.82, 2.24) is 15.5 Å². The van der Waals surface area contributed by atoms with E-state index in [0.29, 0.717) is 22.6 Å². The van der Waals surface area contributed by atoms with Crippen LogP contribution in [0.15, 0.2) is 29.1 Å². The quantitative estimate of drug-likeness (QED) is 0.815. The molecule has 1 fully saturated rings. The van der Waals surface area contributed by atoms with Gasteiger partial charge in [-0.25, -0.2) is 9.89 Å². The summed E-state index contributed by atoms with van der Waals surface area (Å²) in [5.41, 5.74) is -0.386. The summed E-state index contributed by atoms with van der Waals surface area (Å²) >= 11 is 0. The number of aromatic nitrogens is 2. The number of nitrogens with one attached hydrogen (secondary N) is 2. The largest absolute Gasteiger partial charge is 0.451 e. The Labute approximate surface area is 151 Å². The number of carbonyl (C=O) groups is 2. The van der Waals surface area contributed by atoms with Crippen LogP contribution in [0.2, 0.25) is 0 Å². The highest BCUT2D eigenvalue weighted by molar-refractivity contribution is 6.02. The molecular formula is C19H23N3O4. The lowest BCUT2D eigenvalue weighted by Gasteiger charge is -2.34. The summed E-state index contributed by atoms with van der Waals surface area (Å²) in [5.74, 6) is -0.0998. The minimum absolute atomic E-state index is 0.00680. The molecule has 3 unspecified atom stereocenters. The van der Waals surface area contributed by atoms with E-state index in [9.17, 15) is 14.4 Å². The molecule has 0 saturated heterocycles. The highest BCUT2D eigenvalue weighted by atomic mass is 16.5. The first-order chi connectivity index (χ1) is 12.5. The van der Waals surface area contributed by atoms with Crippen LogP contribution in [0, 0.1) is 11.8 Å². The molecule has 2 N–H and O–H groups in total. The lowest BCUT2D eigenvalue weighted by Crippen LogP contribution is -2.45. The molecule has 7 heteroatoms. The van der Waals surface area contributed by atoms with Gasteiger partial charge in [-0.2, -0.15) is 5.10 Å². The van der Waals surface area contributed by atoms with E-state index in [1.54, 1.807) is 24.3 Å².